The van der Waals surface area contributed by atoms with E-state index in [-0.39, 0.29) is 5.92 Å². The minimum atomic E-state index is 0.0196. The maximum absolute atomic E-state index is 7.07. The van der Waals surface area contributed by atoms with E-state index in [0.29, 0.717) is 5.84 Å². The smallest absolute Gasteiger partial charge is 0.162 e. The number of furan rings is 2. The fourth-order valence-corrected chi connectivity index (χ4v) is 10.6. The Kier molecular flexibility index (Phi) is 7.63. The van der Waals surface area contributed by atoms with E-state index in [1.165, 1.54) is 32.3 Å². The first-order chi connectivity index (χ1) is 32.2. The number of fused-ring (bicyclic) bond motifs is 13. The lowest BCUT2D eigenvalue weighted by molar-refractivity contribution is 0.666. The van der Waals surface area contributed by atoms with Crippen LogP contribution >= 0.6 is 0 Å². The molecule has 6 nitrogen and oxygen atoms in total. The van der Waals surface area contributed by atoms with Crippen molar-refractivity contribution < 1.29 is 8.83 Å². The van der Waals surface area contributed by atoms with E-state index in [1.54, 1.807) is 0 Å². The van der Waals surface area contributed by atoms with Gasteiger partial charge in [-0.05, 0) is 83.9 Å². The zero-order chi connectivity index (χ0) is 42.8. The maximum atomic E-state index is 7.07. The Bertz CT molecular complexity index is 4190. The largest absolute Gasteiger partial charge is 0.456 e. The van der Waals surface area contributed by atoms with Crippen LogP contribution in [0.15, 0.2) is 213 Å². The first kappa shape index (κ1) is 36.0. The van der Waals surface area contributed by atoms with Crippen molar-refractivity contribution in [2.75, 3.05) is 0 Å². The van der Waals surface area contributed by atoms with E-state index in [1.807, 2.05) is 18.2 Å². The van der Waals surface area contributed by atoms with Gasteiger partial charge in [0.25, 0.3) is 0 Å². The second kappa shape index (κ2) is 13.8. The predicted molar refractivity (Wildman–Crippen MR) is 270 cm³/mol. The Morgan fingerprint density at radius 3 is 1.74 bits per heavy atom. The molecule has 1 aliphatic heterocycles. The number of para-hydroxylation sites is 5. The topological polar surface area (TPSA) is 60.9 Å². The Morgan fingerprint density at radius 2 is 1.02 bits per heavy atom. The summed E-state index contributed by atoms with van der Waals surface area (Å²) in [5.74, 6) is 1.46. The Labute approximate surface area is 372 Å². The number of hydrogen-bond donors (Lipinski definition) is 0. The van der Waals surface area contributed by atoms with Crippen LogP contribution in [0.5, 0.6) is 0 Å². The van der Waals surface area contributed by atoms with Gasteiger partial charge in [0.1, 0.15) is 22.6 Å². The van der Waals surface area contributed by atoms with Crippen LogP contribution in [0.25, 0.3) is 110 Å². The van der Waals surface area contributed by atoms with Crippen LogP contribution in [-0.2, 0) is 0 Å². The van der Waals surface area contributed by atoms with E-state index in [0.717, 1.165) is 101 Å². The molecule has 0 amide bonds. The maximum Gasteiger partial charge on any atom is 0.162 e. The van der Waals surface area contributed by atoms with Gasteiger partial charge in [0.15, 0.2) is 11.4 Å². The molecule has 0 aliphatic carbocycles. The van der Waals surface area contributed by atoms with Gasteiger partial charge in [0.05, 0.1) is 33.5 Å². The molecule has 0 N–H and O–H groups in total. The fraction of sp³-hybridized carbons (Fsp3) is 0.0508. The van der Waals surface area contributed by atoms with Crippen molar-refractivity contribution in [2.24, 2.45) is 15.9 Å². The van der Waals surface area contributed by atoms with Gasteiger partial charge in [0.2, 0.25) is 0 Å². The third-order valence-electron chi connectivity index (χ3n) is 13.6. The minimum absolute atomic E-state index is 0.0196. The summed E-state index contributed by atoms with van der Waals surface area (Å²) >= 11 is 0. The van der Waals surface area contributed by atoms with Crippen LogP contribution in [0.3, 0.4) is 0 Å². The quantitative estimate of drug-likeness (QED) is 0.177. The SMILES string of the molecule is CC1C/C=C(n2c3ccccc3c3ccccc32)/N=C(c2ccc(-n3c4ccccc4c4cc5ccccc5cc43)c3oc4ccccc4c23)\N=C/1c1cccc2oc3ccccc3c12. The number of aliphatic imine (C=N–C) groups is 2. The zero-order valence-corrected chi connectivity index (χ0v) is 35.4. The molecular formula is C59H38N4O2. The summed E-state index contributed by atoms with van der Waals surface area (Å²) in [6, 6.07) is 66.5. The summed E-state index contributed by atoms with van der Waals surface area (Å²) in [6.45, 7) is 2.28. The standard InChI is InChI=1S/C59H38N4O2/c1-35-29-32-54(63-47-24-10-4-17-38(47)39-18-5-11-25-48(39)63)60-59(61-57(35)43-22-14-28-53-55(43)41-20-7-12-26-51(41)64-53)44-30-31-49(58-56(44)42-21-8-13-27-52(42)65-58)62-46-23-9-6-19-40(46)45-33-36-15-2-3-16-37(36)34-50(45)62/h2-28,30-35H,29H2,1H3/b54-32-,60-59-,61-57+. The molecule has 6 heteroatoms. The van der Waals surface area contributed by atoms with Gasteiger partial charge in [0, 0.05) is 60.1 Å². The lowest BCUT2D eigenvalue weighted by atomic mass is 9.91. The van der Waals surface area contributed by atoms with Gasteiger partial charge in [-0.3, -0.25) is 4.57 Å². The highest BCUT2D eigenvalue weighted by Gasteiger charge is 2.27. The second-order valence-corrected chi connectivity index (χ2v) is 17.3. The van der Waals surface area contributed by atoms with Gasteiger partial charge >= 0.3 is 0 Å². The molecule has 9 aromatic carbocycles. The number of benzene rings is 9. The summed E-state index contributed by atoms with van der Waals surface area (Å²) < 4.78 is 18.2. The molecule has 1 unspecified atom stereocenters. The molecule has 0 fully saturated rings. The molecule has 1 aliphatic rings. The molecule has 0 bridgehead atoms. The van der Waals surface area contributed by atoms with Crippen molar-refractivity contribution in [3.8, 4) is 5.69 Å². The highest BCUT2D eigenvalue weighted by Crippen LogP contribution is 2.42. The summed E-state index contributed by atoms with van der Waals surface area (Å²) in [5, 5.41) is 11.3. The van der Waals surface area contributed by atoms with E-state index < -0.39 is 0 Å². The monoisotopic (exact) mass is 834 g/mol. The van der Waals surface area contributed by atoms with Crippen LogP contribution in [0.1, 0.15) is 24.5 Å². The van der Waals surface area contributed by atoms with Gasteiger partial charge < -0.3 is 13.4 Å². The van der Waals surface area contributed by atoms with E-state index >= 15 is 0 Å². The van der Waals surface area contributed by atoms with Crippen LogP contribution in [-0.4, -0.2) is 20.7 Å². The molecule has 1 atom stereocenters. The van der Waals surface area contributed by atoms with Crippen molar-refractivity contribution in [3.05, 3.63) is 205 Å². The summed E-state index contributed by atoms with van der Waals surface area (Å²) in [7, 11) is 0. The van der Waals surface area contributed by atoms with E-state index in [9.17, 15) is 0 Å². The Morgan fingerprint density at radius 1 is 0.446 bits per heavy atom. The first-order valence-electron chi connectivity index (χ1n) is 22.3. The zero-order valence-electron chi connectivity index (χ0n) is 35.4. The number of aromatic nitrogens is 2. The molecule has 0 spiro atoms. The normalized spacial score (nSPS) is 17.3. The van der Waals surface area contributed by atoms with Crippen LogP contribution in [0.2, 0.25) is 0 Å². The molecule has 4 aromatic heterocycles. The van der Waals surface area contributed by atoms with Crippen molar-refractivity contribution >= 4 is 116 Å². The van der Waals surface area contributed by atoms with E-state index in [2.05, 4.69) is 192 Å². The lowest BCUT2D eigenvalue weighted by Gasteiger charge is -2.20. The third-order valence-corrected chi connectivity index (χ3v) is 13.6. The molecule has 0 saturated carbocycles. The summed E-state index contributed by atoms with van der Waals surface area (Å²) in [4.78, 5) is 11.5. The number of amidine groups is 1. The number of hydrogen-bond acceptors (Lipinski definition) is 4. The van der Waals surface area contributed by atoms with Crippen molar-refractivity contribution in [1.29, 1.82) is 0 Å². The average molecular weight is 835 g/mol. The van der Waals surface area contributed by atoms with E-state index in [4.69, 9.17) is 18.8 Å². The predicted octanol–water partition coefficient (Wildman–Crippen LogP) is 15.6. The van der Waals surface area contributed by atoms with Gasteiger partial charge in [-0.15, -0.1) is 0 Å². The second-order valence-electron chi connectivity index (χ2n) is 17.3. The number of allylic oxidation sites excluding steroid dienone is 1. The van der Waals surface area contributed by atoms with Gasteiger partial charge in [-0.25, -0.2) is 9.98 Å². The van der Waals surface area contributed by atoms with Crippen molar-refractivity contribution in [3.63, 3.8) is 0 Å². The third kappa shape index (κ3) is 5.28. The lowest BCUT2D eigenvalue weighted by Crippen LogP contribution is -2.18. The molecule has 5 heterocycles. The van der Waals surface area contributed by atoms with Crippen LogP contribution in [0.4, 0.5) is 0 Å². The molecular weight excluding hydrogens is 797 g/mol. The minimum Gasteiger partial charge on any atom is -0.456 e. The Balaban J connectivity index is 1.09. The first-order valence-corrected chi connectivity index (χ1v) is 22.3. The van der Waals surface area contributed by atoms with Crippen LogP contribution < -0.4 is 0 Å². The van der Waals surface area contributed by atoms with Gasteiger partial charge in [-0.1, -0.05) is 134 Å². The number of rotatable bonds is 4. The summed E-state index contributed by atoms with van der Waals surface area (Å²) in [5.41, 5.74) is 11.6. The number of nitrogens with zero attached hydrogens (tertiary/aromatic N) is 4. The molecule has 65 heavy (non-hydrogen) atoms. The molecule has 0 saturated heterocycles. The molecule has 13 aromatic rings. The van der Waals surface area contributed by atoms with Crippen molar-refractivity contribution in [2.45, 2.75) is 13.3 Å². The van der Waals surface area contributed by atoms with Gasteiger partial charge in [-0.2, -0.15) is 0 Å². The fourth-order valence-electron chi connectivity index (χ4n) is 10.6. The highest BCUT2D eigenvalue weighted by atomic mass is 16.3. The molecule has 306 valence electrons. The molecule has 14 rings (SSSR count). The van der Waals surface area contributed by atoms with Crippen LogP contribution in [0, 0.1) is 5.92 Å². The van der Waals surface area contributed by atoms with Crippen molar-refractivity contribution in [1.82, 2.24) is 9.13 Å². The summed E-state index contributed by atoms with van der Waals surface area (Å²) in [6.07, 6.45) is 3.02. The Hall–Kier alpha value is -8.48. The average Bonchev–Trinajstić information content (AvgIpc) is 4.11. The molecule has 0 radical (unpaired) electrons. The highest BCUT2D eigenvalue weighted by molar-refractivity contribution is 6.27.